The summed E-state index contributed by atoms with van der Waals surface area (Å²) in [5.41, 5.74) is -1.43. The van der Waals surface area contributed by atoms with Crippen LogP contribution in [0.1, 0.15) is 30.1 Å². The van der Waals surface area contributed by atoms with Crippen LogP contribution >= 0.6 is 11.6 Å². The van der Waals surface area contributed by atoms with Crippen molar-refractivity contribution in [2.45, 2.75) is 31.5 Å². The van der Waals surface area contributed by atoms with E-state index in [0.717, 1.165) is 12.6 Å². The molecule has 2 aliphatic rings. The summed E-state index contributed by atoms with van der Waals surface area (Å²) < 4.78 is 5.84. The lowest BCUT2D eigenvalue weighted by molar-refractivity contribution is -0.384. The number of ether oxygens (including phenoxy) is 1. The molecule has 10 heteroatoms. The van der Waals surface area contributed by atoms with Gasteiger partial charge in [0.15, 0.2) is 6.04 Å². The highest BCUT2D eigenvalue weighted by atomic mass is 35.5. The molecule has 146 valence electrons. The number of nitro benzene ring substituents is 1. The predicted molar refractivity (Wildman–Crippen MR) is 95.7 cm³/mol. The van der Waals surface area contributed by atoms with Crippen LogP contribution in [-0.4, -0.2) is 69.7 Å². The third-order valence-electron chi connectivity index (χ3n) is 5.24. The van der Waals surface area contributed by atoms with Crippen LogP contribution in [0.2, 0.25) is 5.02 Å². The highest BCUT2D eigenvalue weighted by Gasteiger charge is 2.54. The van der Waals surface area contributed by atoms with Crippen molar-refractivity contribution in [3.8, 4) is 0 Å². The van der Waals surface area contributed by atoms with Crippen molar-refractivity contribution in [3.63, 3.8) is 0 Å². The summed E-state index contributed by atoms with van der Waals surface area (Å²) >= 11 is 6.11. The monoisotopic (exact) mass is 397 g/mol. The van der Waals surface area contributed by atoms with E-state index in [9.17, 15) is 24.8 Å². The lowest BCUT2D eigenvalue weighted by Gasteiger charge is -2.44. The first-order chi connectivity index (χ1) is 12.8. The van der Waals surface area contributed by atoms with E-state index >= 15 is 0 Å². The molecule has 1 amide bonds. The molecule has 27 heavy (non-hydrogen) atoms. The molecule has 1 atom stereocenters. The Balaban J connectivity index is 1.99. The zero-order valence-electron chi connectivity index (χ0n) is 14.8. The molecule has 2 heterocycles. The van der Waals surface area contributed by atoms with Gasteiger partial charge in [-0.3, -0.25) is 19.8 Å². The van der Waals surface area contributed by atoms with E-state index < -0.39 is 28.6 Å². The highest BCUT2D eigenvalue weighted by Crippen LogP contribution is 2.39. The summed E-state index contributed by atoms with van der Waals surface area (Å²) in [4.78, 5) is 38.8. The fourth-order valence-electron chi connectivity index (χ4n) is 3.69. The fraction of sp³-hybridized carbons (Fsp3) is 0.529. The molecule has 2 saturated heterocycles. The van der Waals surface area contributed by atoms with Crippen LogP contribution in [0.15, 0.2) is 18.2 Å². The second-order valence-electron chi connectivity index (χ2n) is 6.64. The Morgan fingerprint density at radius 1 is 1.41 bits per heavy atom. The first-order valence-corrected chi connectivity index (χ1v) is 9.03. The molecule has 0 unspecified atom stereocenters. The lowest BCUT2D eigenvalue weighted by atomic mass is 9.96. The van der Waals surface area contributed by atoms with Gasteiger partial charge < -0.3 is 14.7 Å². The maximum Gasteiger partial charge on any atom is 0.328 e. The largest absolute Gasteiger partial charge is 0.480 e. The van der Waals surface area contributed by atoms with Crippen LogP contribution in [0.4, 0.5) is 5.69 Å². The summed E-state index contributed by atoms with van der Waals surface area (Å²) in [6.45, 7) is 4.08. The van der Waals surface area contributed by atoms with Crippen molar-refractivity contribution < 1.29 is 24.4 Å². The van der Waals surface area contributed by atoms with Gasteiger partial charge in [-0.2, -0.15) is 0 Å². The highest BCUT2D eigenvalue weighted by molar-refractivity contribution is 6.34. The number of non-ortho nitro benzene ring substituents is 1. The van der Waals surface area contributed by atoms with Gasteiger partial charge >= 0.3 is 5.97 Å². The number of halogens is 1. The molecule has 1 spiro atoms. The van der Waals surface area contributed by atoms with Crippen LogP contribution < -0.4 is 0 Å². The van der Waals surface area contributed by atoms with Crippen LogP contribution in [0.3, 0.4) is 0 Å². The van der Waals surface area contributed by atoms with Crippen LogP contribution in [-0.2, 0) is 9.53 Å². The first-order valence-electron chi connectivity index (χ1n) is 8.66. The average molecular weight is 398 g/mol. The average Bonchev–Trinajstić information content (AvgIpc) is 3.01. The number of hydrogen-bond donors (Lipinski definition) is 1. The van der Waals surface area contributed by atoms with Gasteiger partial charge in [0.1, 0.15) is 5.72 Å². The minimum absolute atomic E-state index is 0.0304. The normalized spacial score (nSPS) is 22.1. The quantitative estimate of drug-likeness (QED) is 0.610. The first kappa shape index (κ1) is 19.5. The van der Waals surface area contributed by atoms with Crippen LogP contribution in [0, 0.1) is 10.1 Å². The van der Waals surface area contributed by atoms with Crippen molar-refractivity contribution in [2.24, 2.45) is 0 Å². The number of hydrogen-bond acceptors (Lipinski definition) is 6. The Morgan fingerprint density at radius 3 is 2.63 bits per heavy atom. The zero-order valence-corrected chi connectivity index (χ0v) is 15.5. The number of likely N-dealkylation sites (tertiary alicyclic amines) is 1. The second kappa shape index (κ2) is 7.41. The number of nitrogens with zero attached hydrogens (tertiary/aromatic N) is 3. The summed E-state index contributed by atoms with van der Waals surface area (Å²) in [6.07, 6.45) is 0.922. The number of nitro groups is 1. The fourth-order valence-corrected chi connectivity index (χ4v) is 3.89. The molecule has 1 aromatic rings. The number of aliphatic carboxylic acids is 1. The molecule has 2 aliphatic heterocycles. The molecule has 0 aliphatic carbocycles. The van der Waals surface area contributed by atoms with Gasteiger partial charge in [0.2, 0.25) is 0 Å². The van der Waals surface area contributed by atoms with Gasteiger partial charge in [-0.25, -0.2) is 4.79 Å². The second-order valence-corrected chi connectivity index (χ2v) is 7.05. The maximum absolute atomic E-state index is 13.2. The van der Waals surface area contributed by atoms with Crippen molar-refractivity contribution >= 4 is 29.2 Å². The number of amides is 1. The lowest BCUT2D eigenvalue weighted by Crippen LogP contribution is -2.58. The maximum atomic E-state index is 13.2. The van der Waals surface area contributed by atoms with E-state index in [-0.39, 0.29) is 22.9 Å². The minimum Gasteiger partial charge on any atom is -0.480 e. The summed E-state index contributed by atoms with van der Waals surface area (Å²) in [5, 5.41) is 20.7. The van der Waals surface area contributed by atoms with E-state index in [4.69, 9.17) is 16.3 Å². The van der Waals surface area contributed by atoms with Crippen molar-refractivity contribution in [3.05, 3.63) is 38.9 Å². The van der Waals surface area contributed by atoms with E-state index in [1.165, 1.54) is 17.0 Å². The smallest absolute Gasteiger partial charge is 0.328 e. The zero-order chi connectivity index (χ0) is 19.8. The molecule has 1 aromatic carbocycles. The van der Waals surface area contributed by atoms with Crippen LogP contribution in [0.25, 0.3) is 0 Å². The molecule has 9 nitrogen and oxygen atoms in total. The molecule has 0 bridgehead atoms. The Labute approximate surface area is 160 Å². The number of piperidine rings is 1. The Hall–Kier alpha value is -2.23. The van der Waals surface area contributed by atoms with Gasteiger partial charge in [0.25, 0.3) is 11.6 Å². The predicted octanol–water partition coefficient (Wildman–Crippen LogP) is 1.99. The van der Waals surface area contributed by atoms with Crippen molar-refractivity contribution in [2.75, 3.05) is 26.2 Å². The van der Waals surface area contributed by atoms with Gasteiger partial charge in [0, 0.05) is 38.1 Å². The van der Waals surface area contributed by atoms with Crippen LogP contribution in [0.5, 0.6) is 0 Å². The molecule has 0 saturated carbocycles. The third-order valence-corrected chi connectivity index (χ3v) is 5.57. The molecular weight excluding hydrogens is 378 g/mol. The molecular formula is C17H20ClN3O6. The van der Waals surface area contributed by atoms with E-state index in [1.54, 1.807) is 0 Å². The molecule has 0 radical (unpaired) electrons. The molecule has 2 fully saturated rings. The van der Waals surface area contributed by atoms with Gasteiger partial charge in [-0.15, -0.1) is 0 Å². The van der Waals surface area contributed by atoms with Gasteiger partial charge in [-0.1, -0.05) is 18.5 Å². The summed E-state index contributed by atoms with van der Waals surface area (Å²) in [7, 11) is 0. The Morgan fingerprint density at radius 2 is 2.07 bits per heavy atom. The van der Waals surface area contributed by atoms with E-state index in [0.29, 0.717) is 25.9 Å². The van der Waals surface area contributed by atoms with Crippen molar-refractivity contribution in [1.82, 2.24) is 9.80 Å². The van der Waals surface area contributed by atoms with Gasteiger partial charge in [-0.05, 0) is 12.6 Å². The van der Waals surface area contributed by atoms with Gasteiger partial charge in [0.05, 0.1) is 22.1 Å². The summed E-state index contributed by atoms with van der Waals surface area (Å²) in [5.74, 6) is -1.85. The standard InChI is InChI=1S/C17H20ClN3O6/c1-2-19-7-5-17(6-8-19)20(14(10-27-17)16(23)24)15(22)12-9-11(21(25)26)3-4-13(12)18/h3-4,9,14H,2,5-8,10H2,1H3,(H,23,24)/t14-/m1/s1. The number of rotatable bonds is 4. The van der Waals surface area contributed by atoms with E-state index in [1.807, 2.05) is 6.92 Å². The minimum atomic E-state index is -1.18. The molecule has 0 aromatic heterocycles. The summed E-state index contributed by atoms with van der Waals surface area (Å²) in [6, 6.07) is 2.38. The topological polar surface area (TPSA) is 113 Å². The molecule has 3 rings (SSSR count). The SMILES string of the molecule is CCN1CCC2(CC1)OC[C@H](C(=O)O)N2C(=O)c1cc([N+](=O)[O-])ccc1Cl. The number of carboxylic acids is 1. The molecule has 1 N–H and O–H groups in total. The number of benzene rings is 1. The third kappa shape index (κ3) is 3.50. The number of carbonyl (C=O) groups is 2. The number of carbonyl (C=O) groups excluding carboxylic acids is 1. The van der Waals surface area contributed by atoms with Crippen molar-refractivity contribution in [1.29, 1.82) is 0 Å². The van der Waals surface area contributed by atoms with E-state index in [2.05, 4.69) is 4.90 Å². The Kier molecular flexibility index (Phi) is 5.36. The Bertz CT molecular complexity index is 778. The number of carboxylic acid groups (broad SMARTS) is 1.